The molecule has 0 saturated heterocycles. The fraction of sp³-hybridized carbons (Fsp3) is 0.143. The molecular formula is C14H13FN2O3. The predicted molar refractivity (Wildman–Crippen MR) is 71.8 cm³/mol. The van der Waals surface area contributed by atoms with Crippen molar-refractivity contribution < 1.29 is 14.3 Å². The smallest absolute Gasteiger partial charge is 0.328 e. The van der Waals surface area contributed by atoms with Crippen molar-refractivity contribution in [2.45, 2.75) is 6.54 Å². The van der Waals surface area contributed by atoms with Gasteiger partial charge in [-0.3, -0.25) is 4.57 Å². The first-order valence-corrected chi connectivity index (χ1v) is 5.88. The number of imidazole rings is 1. The summed E-state index contributed by atoms with van der Waals surface area (Å²) in [5.74, 6) is -1.57. The summed E-state index contributed by atoms with van der Waals surface area (Å²) in [5, 5.41) is 8.51. The van der Waals surface area contributed by atoms with Crippen LogP contribution >= 0.6 is 0 Å². The van der Waals surface area contributed by atoms with E-state index in [2.05, 4.69) is 0 Å². The summed E-state index contributed by atoms with van der Waals surface area (Å²) in [5.41, 5.74) is 0.596. The van der Waals surface area contributed by atoms with Crippen LogP contribution in [0.2, 0.25) is 0 Å². The van der Waals surface area contributed by atoms with E-state index >= 15 is 0 Å². The van der Waals surface area contributed by atoms with E-state index in [0.29, 0.717) is 11.1 Å². The number of benzene rings is 1. The highest BCUT2D eigenvalue weighted by molar-refractivity contribution is 5.85. The highest BCUT2D eigenvalue weighted by atomic mass is 19.1. The van der Waals surface area contributed by atoms with Gasteiger partial charge in [-0.15, -0.1) is 0 Å². The maximum atomic E-state index is 13.9. The Kier molecular flexibility index (Phi) is 3.84. The summed E-state index contributed by atoms with van der Waals surface area (Å²) in [7, 11) is 1.62. The molecule has 0 atom stereocenters. The van der Waals surface area contributed by atoms with Gasteiger partial charge in [0.15, 0.2) is 0 Å². The van der Waals surface area contributed by atoms with Crippen molar-refractivity contribution >= 4 is 12.0 Å². The minimum absolute atomic E-state index is 0.133. The second-order valence-electron chi connectivity index (χ2n) is 4.34. The van der Waals surface area contributed by atoms with Crippen LogP contribution in [0.3, 0.4) is 0 Å². The molecule has 0 spiro atoms. The number of rotatable bonds is 4. The summed E-state index contributed by atoms with van der Waals surface area (Å²) in [6.07, 6.45) is 5.43. The van der Waals surface area contributed by atoms with Crippen molar-refractivity contribution in [1.29, 1.82) is 0 Å². The minimum atomic E-state index is -1.09. The summed E-state index contributed by atoms with van der Waals surface area (Å²) in [6.45, 7) is 0.133. The van der Waals surface area contributed by atoms with Crippen molar-refractivity contribution in [3.05, 3.63) is 64.1 Å². The molecule has 0 saturated carbocycles. The van der Waals surface area contributed by atoms with E-state index in [4.69, 9.17) is 5.11 Å². The Labute approximate surface area is 114 Å². The quantitative estimate of drug-likeness (QED) is 0.860. The maximum Gasteiger partial charge on any atom is 0.328 e. The molecule has 1 aromatic carbocycles. The zero-order valence-corrected chi connectivity index (χ0v) is 10.8. The van der Waals surface area contributed by atoms with Crippen LogP contribution in [-0.2, 0) is 18.4 Å². The van der Waals surface area contributed by atoms with Crippen LogP contribution in [0.15, 0.2) is 41.5 Å². The van der Waals surface area contributed by atoms with Crippen LogP contribution in [0.1, 0.15) is 11.1 Å². The number of halogens is 1. The molecule has 2 aromatic rings. The zero-order valence-electron chi connectivity index (χ0n) is 10.8. The molecule has 6 heteroatoms. The van der Waals surface area contributed by atoms with Crippen molar-refractivity contribution in [2.24, 2.45) is 7.05 Å². The number of carbonyl (C=O) groups is 1. The molecule has 1 aromatic heterocycles. The summed E-state index contributed by atoms with van der Waals surface area (Å²) < 4.78 is 16.7. The van der Waals surface area contributed by atoms with E-state index in [9.17, 15) is 14.0 Å². The summed E-state index contributed by atoms with van der Waals surface area (Å²) in [4.78, 5) is 22.0. The Hall–Kier alpha value is -2.63. The first-order chi connectivity index (χ1) is 9.47. The van der Waals surface area contributed by atoms with Gasteiger partial charge in [-0.1, -0.05) is 12.1 Å². The molecule has 0 aliphatic carbocycles. The summed E-state index contributed by atoms with van der Waals surface area (Å²) in [6, 6.07) is 4.38. The van der Waals surface area contributed by atoms with Crippen molar-refractivity contribution in [3.63, 3.8) is 0 Å². The second kappa shape index (κ2) is 5.56. The molecule has 0 aliphatic heterocycles. The van der Waals surface area contributed by atoms with Gasteiger partial charge in [0.05, 0.1) is 6.54 Å². The molecule has 0 bridgehead atoms. The standard InChI is InChI=1S/C14H13FN2O3/c1-16-6-7-17(14(16)20)9-11-4-2-10(8-12(11)15)3-5-13(18)19/h2-8H,9H2,1H3,(H,18,19)/b5-3+. The lowest BCUT2D eigenvalue weighted by atomic mass is 10.1. The van der Waals surface area contributed by atoms with Gasteiger partial charge >= 0.3 is 11.7 Å². The van der Waals surface area contributed by atoms with Gasteiger partial charge in [-0.2, -0.15) is 0 Å². The Morgan fingerprint density at radius 3 is 2.70 bits per heavy atom. The van der Waals surface area contributed by atoms with E-state index in [1.807, 2.05) is 0 Å². The lowest BCUT2D eigenvalue weighted by Gasteiger charge is -2.04. The van der Waals surface area contributed by atoms with Crippen LogP contribution in [0.4, 0.5) is 4.39 Å². The Morgan fingerprint density at radius 2 is 2.15 bits per heavy atom. The molecule has 1 heterocycles. The van der Waals surface area contributed by atoms with E-state index in [0.717, 1.165) is 6.08 Å². The number of carboxylic acids is 1. The molecule has 5 nitrogen and oxygen atoms in total. The fourth-order valence-electron chi connectivity index (χ4n) is 1.78. The number of hydrogen-bond acceptors (Lipinski definition) is 2. The van der Waals surface area contributed by atoms with Crippen molar-refractivity contribution in [2.75, 3.05) is 0 Å². The monoisotopic (exact) mass is 276 g/mol. The Bertz CT molecular complexity index is 728. The third kappa shape index (κ3) is 3.03. The first kappa shape index (κ1) is 13.8. The normalized spacial score (nSPS) is 11.1. The van der Waals surface area contributed by atoms with Crippen LogP contribution in [0.5, 0.6) is 0 Å². The number of aromatic nitrogens is 2. The first-order valence-electron chi connectivity index (χ1n) is 5.88. The highest BCUT2D eigenvalue weighted by Gasteiger charge is 2.06. The van der Waals surface area contributed by atoms with E-state index in [1.54, 1.807) is 25.5 Å². The Balaban J connectivity index is 2.24. The van der Waals surface area contributed by atoms with E-state index in [-0.39, 0.29) is 12.2 Å². The van der Waals surface area contributed by atoms with Gasteiger partial charge in [-0.25, -0.2) is 14.0 Å². The van der Waals surface area contributed by atoms with Gasteiger partial charge in [0.25, 0.3) is 0 Å². The van der Waals surface area contributed by atoms with Gasteiger partial charge in [0, 0.05) is 31.1 Å². The van der Waals surface area contributed by atoms with E-state index < -0.39 is 11.8 Å². The number of carboxylic acid groups (broad SMARTS) is 1. The molecule has 0 fully saturated rings. The summed E-state index contributed by atoms with van der Waals surface area (Å²) >= 11 is 0. The number of aliphatic carboxylic acids is 1. The van der Waals surface area contributed by atoms with Crippen molar-refractivity contribution in [1.82, 2.24) is 9.13 Å². The molecule has 104 valence electrons. The number of aryl methyl sites for hydroxylation is 1. The average Bonchev–Trinajstić information content (AvgIpc) is 2.71. The fourth-order valence-corrected chi connectivity index (χ4v) is 1.78. The van der Waals surface area contributed by atoms with Crippen LogP contribution in [0.25, 0.3) is 6.08 Å². The van der Waals surface area contributed by atoms with Crippen LogP contribution in [0, 0.1) is 5.82 Å². The molecule has 0 unspecified atom stereocenters. The van der Waals surface area contributed by atoms with Crippen LogP contribution < -0.4 is 5.69 Å². The molecule has 0 amide bonds. The third-order valence-corrected chi connectivity index (χ3v) is 2.85. The molecule has 20 heavy (non-hydrogen) atoms. The molecule has 2 rings (SSSR count). The highest BCUT2D eigenvalue weighted by Crippen LogP contribution is 2.12. The van der Waals surface area contributed by atoms with Gasteiger partial charge < -0.3 is 9.67 Å². The van der Waals surface area contributed by atoms with E-state index in [1.165, 1.54) is 27.3 Å². The zero-order chi connectivity index (χ0) is 14.7. The number of hydrogen-bond donors (Lipinski definition) is 1. The maximum absolute atomic E-state index is 13.9. The predicted octanol–water partition coefficient (Wildman–Crippen LogP) is 1.47. The van der Waals surface area contributed by atoms with Crippen LogP contribution in [-0.4, -0.2) is 20.2 Å². The topological polar surface area (TPSA) is 64.2 Å². The van der Waals surface area contributed by atoms with Gasteiger partial charge in [0.1, 0.15) is 5.82 Å². The lowest BCUT2D eigenvalue weighted by Crippen LogP contribution is -2.22. The van der Waals surface area contributed by atoms with Gasteiger partial charge in [-0.05, 0) is 17.7 Å². The molecule has 1 N–H and O–H groups in total. The second-order valence-corrected chi connectivity index (χ2v) is 4.34. The molecular weight excluding hydrogens is 263 g/mol. The minimum Gasteiger partial charge on any atom is -0.478 e. The Morgan fingerprint density at radius 1 is 1.40 bits per heavy atom. The van der Waals surface area contributed by atoms with Crippen molar-refractivity contribution in [3.8, 4) is 0 Å². The average molecular weight is 276 g/mol. The molecule has 0 aliphatic rings. The SMILES string of the molecule is Cn1ccn(Cc2ccc(/C=C/C(=O)O)cc2F)c1=O. The third-order valence-electron chi connectivity index (χ3n) is 2.85. The molecule has 0 radical (unpaired) electrons. The van der Waals surface area contributed by atoms with Gasteiger partial charge in [0.2, 0.25) is 0 Å². The largest absolute Gasteiger partial charge is 0.478 e. The number of nitrogens with zero attached hydrogens (tertiary/aromatic N) is 2. The lowest BCUT2D eigenvalue weighted by molar-refractivity contribution is -0.131.